The predicted octanol–water partition coefficient (Wildman–Crippen LogP) is 1.35. The monoisotopic (exact) mass is 296 g/mol. The van der Waals surface area contributed by atoms with Gasteiger partial charge in [-0.1, -0.05) is 24.3 Å². The van der Waals surface area contributed by atoms with Crippen LogP contribution in [0.5, 0.6) is 5.75 Å². The Bertz CT molecular complexity index is 743. The van der Waals surface area contributed by atoms with Gasteiger partial charge in [0.2, 0.25) is 5.96 Å². The molecule has 1 atom stereocenters. The van der Waals surface area contributed by atoms with Gasteiger partial charge in [0.15, 0.2) is 11.6 Å². The van der Waals surface area contributed by atoms with Crippen LogP contribution in [0.4, 0.5) is 5.82 Å². The van der Waals surface area contributed by atoms with Gasteiger partial charge in [0.05, 0.1) is 0 Å². The molecule has 1 aromatic heterocycles. The van der Waals surface area contributed by atoms with E-state index in [9.17, 15) is 5.11 Å². The maximum absolute atomic E-state index is 10.1. The summed E-state index contributed by atoms with van der Waals surface area (Å²) >= 11 is 0. The minimum Gasteiger partial charge on any atom is -0.508 e. The fraction of sp³-hybridized carbons (Fsp3) is 0.133. The van der Waals surface area contributed by atoms with Crippen LogP contribution in [0.1, 0.15) is 12.5 Å². The van der Waals surface area contributed by atoms with E-state index in [1.807, 2.05) is 24.3 Å². The lowest BCUT2D eigenvalue weighted by Gasteiger charge is -2.28. The number of rotatable bonds is 2. The summed E-state index contributed by atoms with van der Waals surface area (Å²) in [4.78, 5) is 13.0. The molecule has 0 saturated heterocycles. The Labute approximate surface area is 127 Å². The summed E-state index contributed by atoms with van der Waals surface area (Å²) in [6.07, 6.45) is 1.67. The highest BCUT2D eigenvalue weighted by Crippen LogP contribution is 2.34. The van der Waals surface area contributed by atoms with Crippen molar-refractivity contribution in [3.63, 3.8) is 0 Å². The third-order valence-corrected chi connectivity index (χ3v) is 3.24. The van der Waals surface area contributed by atoms with Crippen LogP contribution in [0.3, 0.4) is 0 Å². The van der Waals surface area contributed by atoms with Gasteiger partial charge < -0.3 is 16.2 Å². The summed E-state index contributed by atoms with van der Waals surface area (Å²) in [7, 11) is 0. The highest BCUT2D eigenvalue weighted by molar-refractivity contribution is 6.05. The second-order valence-electron chi connectivity index (χ2n) is 4.96. The standard InChI is InChI=1S/C15H16N6O/c1-15(10-6-2-3-7-11(10)22)20-13(16)19-14(21-15)18-12-8-4-5-9-17-12/h2-9,22H,1H3,(H4,16,17,18,19,20,21). The zero-order valence-corrected chi connectivity index (χ0v) is 12.0. The smallest absolute Gasteiger partial charge is 0.206 e. The Hall–Kier alpha value is -3.09. The number of pyridine rings is 1. The first-order chi connectivity index (χ1) is 10.6. The number of benzene rings is 1. The number of phenolic OH excluding ortho intramolecular Hbond substituents is 1. The Morgan fingerprint density at radius 3 is 2.64 bits per heavy atom. The van der Waals surface area contributed by atoms with Crippen molar-refractivity contribution < 1.29 is 5.11 Å². The van der Waals surface area contributed by atoms with Crippen molar-refractivity contribution in [2.75, 3.05) is 5.32 Å². The van der Waals surface area contributed by atoms with Crippen LogP contribution < -0.4 is 16.4 Å². The summed E-state index contributed by atoms with van der Waals surface area (Å²) < 4.78 is 0. The molecule has 0 saturated carbocycles. The molecule has 5 N–H and O–H groups in total. The molecule has 112 valence electrons. The van der Waals surface area contributed by atoms with Crippen LogP contribution in [0, 0.1) is 0 Å². The molecular formula is C15H16N6O. The molecule has 0 bridgehead atoms. The first kappa shape index (κ1) is 13.9. The Morgan fingerprint density at radius 1 is 1.14 bits per heavy atom. The summed E-state index contributed by atoms with van der Waals surface area (Å²) in [5, 5.41) is 16.0. The number of anilines is 1. The van der Waals surface area contributed by atoms with E-state index in [-0.39, 0.29) is 11.7 Å². The highest BCUT2D eigenvalue weighted by Gasteiger charge is 2.32. The van der Waals surface area contributed by atoms with E-state index in [1.165, 1.54) is 0 Å². The Balaban J connectivity index is 1.97. The molecular weight excluding hydrogens is 280 g/mol. The van der Waals surface area contributed by atoms with E-state index in [0.717, 1.165) is 0 Å². The molecule has 2 heterocycles. The van der Waals surface area contributed by atoms with Gasteiger partial charge in [-0.15, -0.1) is 0 Å². The number of aromatic nitrogens is 1. The minimum absolute atomic E-state index is 0.115. The molecule has 0 amide bonds. The number of phenols is 1. The molecule has 0 aliphatic carbocycles. The third-order valence-electron chi connectivity index (χ3n) is 3.24. The molecule has 2 aromatic rings. The zero-order valence-electron chi connectivity index (χ0n) is 12.0. The lowest BCUT2D eigenvalue weighted by molar-refractivity contribution is 0.431. The predicted molar refractivity (Wildman–Crippen MR) is 85.5 cm³/mol. The van der Waals surface area contributed by atoms with Gasteiger partial charge in [0, 0.05) is 11.8 Å². The van der Waals surface area contributed by atoms with Crippen LogP contribution >= 0.6 is 0 Å². The van der Waals surface area contributed by atoms with Crippen LogP contribution in [0.2, 0.25) is 0 Å². The van der Waals surface area contributed by atoms with Crippen molar-refractivity contribution in [1.29, 1.82) is 0 Å². The first-order valence-corrected chi connectivity index (χ1v) is 6.75. The molecule has 1 aliphatic rings. The number of nitrogens with zero attached hydrogens (tertiary/aromatic N) is 3. The van der Waals surface area contributed by atoms with Crippen molar-refractivity contribution in [2.24, 2.45) is 15.7 Å². The molecule has 1 aromatic carbocycles. The number of aromatic hydroxyl groups is 1. The SMILES string of the molecule is CC1(c2ccccc2O)N=C(N)NC(Nc2ccccn2)=N1. The maximum Gasteiger partial charge on any atom is 0.206 e. The lowest BCUT2D eigenvalue weighted by Crippen LogP contribution is -2.47. The van der Waals surface area contributed by atoms with Crippen LogP contribution in [0.15, 0.2) is 58.6 Å². The van der Waals surface area contributed by atoms with Crippen LogP contribution in [-0.2, 0) is 5.66 Å². The van der Waals surface area contributed by atoms with Gasteiger partial charge >= 0.3 is 0 Å². The third kappa shape index (κ3) is 2.69. The fourth-order valence-corrected chi connectivity index (χ4v) is 2.27. The molecule has 0 spiro atoms. The van der Waals surface area contributed by atoms with Gasteiger partial charge in [-0.3, -0.25) is 5.32 Å². The van der Waals surface area contributed by atoms with Crippen molar-refractivity contribution in [1.82, 2.24) is 10.3 Å². The molecule has 22 heavy (non-hydrogen) atoms. The second-order valence-corrected chi connectivity index (χ2v) is 4.96. The molecule has 1 aliphatic heterocycles. The average Bonchev–Trinajstić information content (AvgIpc) is 2.47. The van der Waals surface area contributed by atoms with Gasteiger partial charge in [0.25, 0.3) is 0 Å². The molecule has 7 heteroatoms. The van der Waals surface area contributed by atoms with E-state index in [2.05, 4.69) is 25.6 Å². The number of nitrogens with one attached hydrogen (secondary N) is 2. The Morgan fingerprint density at radius 2 is 1.91 bits per heavy atom. The van der Waals surface area contributed by atoms with E-state index in [1.54, 1.807) is 31.3 Å². The number of guanidine groups is 2. The maximum atomic E-state index is 10.1. The number of hydrogen-bond donors (Lipinski definition) is 4. The van der Waals surface area contributed by atoms with Crippen molar-refractivity contribution in [3.8, 4) is 5.75 Å². The van der Waals surface area contributed by atoms with Crippen molar-refractivity contribution in [3.05, 3.63) is 54.2 Å². The minimum atomic E-state index is -1.02. The van der Waals surface area contributed by atoms with Crippen molar-refractivity contribution >= 4 is 17.7 Å². The van der Waals surface area contributed by atoms with E-state index >= 15 is 0 Å². The quantitative estimate of drug-likeness (QED) is 0.669. The average molecular weight is 296 g/mol. The van der Waals surface area contributed by atoms with Crippen LogP contribution in [0.25, 0.3) is 0 Å². The summed E-state index contributed by atoms with van der Waals surface area (Å²) in [6.45, 7) is 1.77. The van der Waals surface area contributed by atoms with Gasteiger partial charge in [-0.2, -0.15) is 0 Å². The first-order valence-electron chi connectivity index (χ1n) is 6.75. The molecule has 0 fully saturated rings. The van der Waals surface area contributed by atoms with E-state index in [0.29, 0.717) is 17.3 Å². The van der Waals surface area contributed by atoms with E-state index < -0.39 is 5.66 Å². The zero-order chi connectivity index (χ0) is 15.6. The van der Waals surface area contributed by atoms with Gasteiger partial charge in [-0.05, 0) is 25.1 Å². The van der Waals surface area contributed by atoms with Gasteiger partial charge in [-0.25, -0.2) is 15.0 Å². The molecule has 3 rings (SSSR count). The largest absolute Gasteiger partial charge is 0.508 e. The number of aliphatic imine (C=N–C) groups is 2. The summed E-state index contributed by atoms with van der Waals surface area (Å²) in [6, 6.07) is 12.4. The topological polar surface area (TPSA) is 108 Å². The molecule has 0 radical (unpaired) electrons. The summed E-state index contributed by atoms with van der Waals surface area (Å²) in [5.41, 5.74) is 5.41. The van der Waals surface area contributed by atoms with Crippen molar-refractivity contribution in [2.45, 2.75) is 12.6 Å². The summed E-state index contributed by atoms with van der Waals surface area (Å²) in [5.74, 6) is 1.36. The number of para-hydroxylation sites is 1. The molecule has 1 unspecified atom stereocenters. The Kier molecular flexibility index (Phi) is 3.38. The number of nitrogens with two attached hydrogens (primary N) is 1. The lowest BCUT2D eigenvalue weighted by atomic mass is 10.0. The van der Waals surface area contributed by atoms with Crippen LogP contribution in [-0.4, -0.2) is 22.0 Å². The second kappa shape index (κ2) is 5.36. The fourth-order valence-electron chi connectivity index (χ4n) is 2.27. The number of hydrogen-bond acceptors (Lipinski definition) is 7. The highest BCUT2D eigenvalue weighted by atomic mass is 16.3. The molecule has 7 nitrogen and oxygen atoms in total. The van der Waals surface area contributed by atoms with E-state index in [4.69, 9.17) is 5.73 Å². The normalized spacial score (nSPS) is 20.6. The van der Waals surface area contributed by atoms with Gasteiger partial charge in [0.1, 0.15) is 11.6 Å².